The standard InChI is InChI=1S/C19H18ClN3O3/c1-19(2)7-11-14(12(24)8-19)13(9-5-3-4-6-10(9)20)15-16(21-11)22-18(26)23-17(15)25/h3-6,13H,7-8H2,1-2H3,(H3,21,22,23,25,26)/t13-/m1/s1. The number of carbonyl (C=O) groups excluding carboxylic acids is 1. The smallest absolute Gasteiger partial charge is 0.327 e. The normalized spacial score (nSPS) is 21.0. The molecule has 0 spiro atoms. The molecule has 1 aromatic heterocycles. The highest BCUT2D eigenvalue weighted by Gasteiger charge is 2.42. The number of Topliss-reactive ketones (excluding diaryl/α,β-unsaturated/α-hetero) is 1. The van der Waals surface area contributed by atoms with Gasteiger partial charge in [0.2, 0.25) is 0 Å². The van der Waals surface area contributed by atoms with Gasteiger partial charge in [0, 0.05) is 28.6 Å². The van der Waals surface area contributed by atoms with Gasteiger partial charge >= 0.3 is 5.69 Å². The third-order valence-corrected chi connectivity index (χ3v) is 5.31. The summed E-state index contributed by atoms with van der Waals surface area (Å²) in [4.78, 5) is 42.3. The minimum atomic E-state index is -0.612. The molecule has 0 saturated heterocycles. The number of ketones is 1. The molecule has 7 heteroatoms. The molecule has 0 unspecified atom stereocenters. The van der Waals surface area contributed by atoms with Crippen molar-refractivity contribution in [3.05, 3.63) is 72.5 Å². The predicted molar refractivity (Wildman–Crippen MR) is 99.6 cm³/mol. The minimum Gasteiger partial charge on any atom is -0.344 e. The lowest BCUT2D eigenvalue weighted by Gasteiger charge is -2.38. The molecule has 1 aliphatic heterocycles. The van der Waals surface area contributed by atoms with E-state index in [9.17, 15) is 14.4 Å². The number of nitrogens with one attached hydrogen (secondary N) is 3. The molecule has 1 atom stereocenters. The lowest BCUT2D eigenvalue weighted by atomic mass is 9.69. The molecular weight excluding hydrogens is 354 g/mol. The van der Waals surface area contributed by atoms with E-state index >= 15 is 0 Å². The molecule has 1 aromatic carbocycles. The van der Waals surface area contributed by atoms with Gasteiger partial charge in [0.25, 0.3) is 5.56 Å². The number of rotatable bonds is 1. The van der Waals surface area contributed by atoms with Crippen LogP contribution in [0.5, 0.6) is 0 Å². The van der Waals surface area contributed by atoms with Crippen LogP contribution in [-0.2, 0) is 4.79 Å². The van der Waals surface area contributed by atoms with Crippen LogP contribution < -0.4 is 16.6 Å². The number of aromatic amines is 2. The van der Waals surface area contributed by atoms with Gasteiger partial charge in [-0.05, 0) is 23.5 Å². The number of benzene rings is 1. The first-order valence-corrected chi connectivity index (χ1v) is 8.79. The number of fused-ring (bicyclic) bond motifs is 1. The van der Waals surface area contributed by atoms with Crippen LogP contribution in [0.4, 0.5) is 5.82 Å². The van der Waals surface area contributed by atoms with E-state index in [1.54, 1.807) is 12.1 Å². The number of anilines is 1. The van der Waals surface area contributed by atoms with Gasteiger partial charge in [-0.25, -0.2) is 4.79 Å². The maximum Gasteiger partial charge on any atom is 0.327 e. The highest BCUT2D eigenvalue weighted by molar-refractivity contribution is 6.31. The fraction of sp³-hybridized carbons (Fsp3) is 0.316. The summed E-state index contributed by atoms with van der Waals surface area (Å²) in [5, 5.41) is 3.60. The van der Waals surface area contributed by atoms with Crippen LogP contribution in [0.25, 0.3) is 0 Å². The van der Waals surface area contributed by atoms with Crippen LogP contribution >= 0.6 is 11.6 Å². The van der Waals surface area contributed by atoms with Crippen molar-refractivity contribution in [2.24, 2.45) is 5.41 Å². The largest absolute Gasteiger partial charge is 0.344 e. The van der Waals surface area contributed by atoms with Crippen molar-refractivity contribution < 1.29 is 4.79 Å². The second-order valence-corrected chi connectivity index (χ2v) is 8.02. The monoisotopic (exact) mass is 371 g/mol. The zero-order valence-electron chi connectivity index (χ0n) is 14.4. The highest BCUT2D eigenvalue weighted by atomic mass is 35.5. The van der Waals surface area contributed by atoms with Gasteiger partial charge in [0.15, 0.2) is 5.78 Å². The summed E-state index contributed by atoms with van der Waals surface area (Å²) in [5.41, 5.74) is 0.967. The Kier molecular flexibility index (Phi) is 3.70. The maximum absolute atomic E-state index is 13.0. The van der Waals surface area contributed by atoms with Crippen molar-refractivity contribution >= 4 is 23.2 Å². The Hall–Kier alpha value is -2.60. The summed E-state index contributed by atoms with van der Waals surface area (Å²) >= 11 is 6.40. The lowest BCUT2D eigenvalue weighted by Crippen LogP contribution is -2.39. The fourth-order valence-corrected chi connectivity index (χ4v) is 4.21. The Morgan fingerprint density at radius 1 is 1.08 bits per heavy atom. The first-order valence-electron chi connectivity index (χ1n) is 8.41. The summed E-state index contributed by atoms with van der Waals surface area (Å²) in [5.74, 6) is -0.294. The molecule has 2 heterocycles. The summed E-state index contributed by atoms with van der Waals surface area (Å²) in [6.07, 6.45) is 1.04. The van der Waals surface area contributed by atoms with E-state index in [1.165, 1.54) is 0 Å². The van der Waals surface area contributed by atoms with Crippen molar-refractivity contribution in [3.8, 4) is 0 Å². The van der Waals surface area contributed by atoms with E-state index < -0.39 is 17.2 Å². The molecule has 0 amide bonds. The molecule has 0 bridgehead atoms. The number of hydrogen-bond donors (Lipinski definition) is 3. The van der Waals surface area contributed by atoms with E-state index in [4.69, 9.17) is 11.6 Å². The summed E-state index contributed by atoms with van der Waals surface area (Å²) < 4.78 is 0. The number of allylic oxidation sites excluding steroid dienone is 2. The molecule has 0 radical (unpaired) electrons. The summed E-state index contributed by atoms with van der Waals surface area (Å²) in [6, 6.07) is 7.16. The predicted octanol–water partition coefficient (Wildman–Crippen LogP) is 2.92. The molecule has 6 nitrogen and oxygen atoms in total. The van der Waals surface area contributed by atoms with Gasteiger partial charge in [0.1, 0.15) is 5.82 Å². The van der Waals surface area contributed by atoms with E-state index in [0.717, 1.165) is 5.70 Å². The second kappa shape index (κ2) is 5.71. The van der Waals surface area contributed by atoms with Gasteiger partial charge in [-0.1, -0.05) is 43.6 Å². The third-order valence-electron chi connectivity index (χ3n) is 4.97. The summed E-state index contributed by atoms with van der Waals surface area (Å²) in [6.45, 7) is 4.05. The van der Waals surface area contributed by atoms with Crippen LogP contribution in [-0.4, -0.2) is 15.8 Å². The summed E-state index contributed by atoms with van der Waals surface area (Å²) in [7, 11) is 0. The van der Waals surface area contributed by atoms with Gasteiger partial charge < -0.3 is 5.32 Å². The number of H-pyrrole nitrogens is 2. The van der Waals surface area contributed by atoms with Crippen LogP contribution in [0, 0.1) is 5.41 Å². The SMILES string of the molecule is CC1(C)CC(=O)C2=C(C1)Nc1[nH]c(=O)[nH]c(=O)c1[C@@H]2c1ccccc1Cl. The zero-order valence-corrected chi connectivity index (χ0v) is 15.2. The Morgan fingerprint density at radius 2 is 1.81 bits per heavy atom. The van der Waals surface area contributed by atoms with Gasteiger partial charge in [-0.15, -0.1) is 0 Å². The van der Waals surface area contributed by atoms with Crippen LogP contribution in [0.2, 0.25) is 5.02 Å². The minimum absolute atomic E-state index is 0.00933. The molecule has 134 valence electrons. The van der Waals surface area contributed by atoms with Crippen molar-refractivity contribution in [2.45, 2.75) is 32.6 Å². The van der Waals surface area contributed by atoms with Crippen molar-refractivity contribution in [3.63, 3.8) is 0 Å². The number of carbonyl (C=O) groups is 1. The molecular formula is C19H18ClN3O3. The van der Waals surface area contributed by atoms with Gasteiger partial charge in [-0.2, -0.15) is 0 Å². The van der Waals surface area contributed by atoms with Crippen LogP contribution in [0.15, 0.2) is 45.1 Å². The number of hydrogen-bond acceptors (Lipinski definition) is 4. The quantitative estimate of drug-likeness (QED) is 0.718. The van der Waals surface area contributed by atoms with E-state index in [0.29, 0.717) is 40.4 Å². The topological polar surface area (TPSA) is 94.8 Å². The van der Waals surface area contributed by atoms with E-state index in [2.05, 4.69) is 15.3 Å². The molecule has 0 fully saturated rings. The molecule has 4 rings (SSSR count). The number of aromatic nitrogens is 2. The van der Waals surface area contributed by atoms with Gasteiger partial charge in [-0.3, -0.25) is 19.6 Å². The molecule has 3 N–H and O–H groups in total. The first kappa shape index (κ1) is 16.8. The Morgan fingerprint density at radius 3 is 2.54 bits per heavy atom. The molecule has 2 aromatic rings. The van der Waals surface area contributed by atoms with Crippen LogP contribution in [0.1, 0.15) is 43.7 Å². The molecule has 1 aliphatic carbocycles. The van der Waals surface area contributed by atoms with Crippen LogP contribution in [0.3, 0.4) is 0 Å². The average Bonchev–Trinajstić information content (AvgIpc) is 2.52. The third kappa shape index (κ3) is 2.61. The van der Waals surface area contributed by atoms with Crippen molar-refractivity contribution in [1.29, 1.82) is 0 Å². The average molecular weight is 372 g/mol. The Balaban J connectivity index is 2.04. The molecule has 2 aliphatic rings. The molecule has 26 heavy (non-hydrogen) atoms. The first-order chi connectivity index (χ1) is 12.3. The lowest BCUT2D eigenvalue weighted by molar-refractivity contribution is -0.118. The van der Waals surface area contributed by atoms with E-state index in [-0.39, 0.29) is 11.2 Å². The van der Waals surface area contributed by atoms with Gasteiger partial charge in [0.05, 0.1) is 5.56 Å². The molecule has 0 saturated carbocycles. The highest BCUT2D eigenvalue weighted by Crippen LogP contribution is 2.48. The fourth-order valence-electron chi connectivity index (χ4n) is 3.97. The zero-order chi connectivity index (χ0) is 18.6. The Bertz CT molecular complexity index is 1080. The Labute approximate surface area is 154 Å². The second-order valence-electron chi connectivity index (χ2n) is 7.61. The van der Waals surface area contributed by atoms with Crippen molar-refractivity contribution in [2.75, 3.05) is 5.32 Å². The van der Waals surface area contributed by atoms with E-state index in [1.807, 2.05) is 26.0 Å². The number of halogens is 1. The van der Waals surface area contributed by atoms with Crippen molar-refractivity contribution in [1.82, 2.24) is 9.97 Å². The maximum atomic E-state index is 13.0.